The van der Waals surface area contributed by atoms with E-state index in [1.165, 1.54) is 6.07 Å². The first-order valence-corrected chi connectivity index (χ1v) is 12.3. The summed E-state index contributed by atoms with van der Waals surface area (Å²) in [4.78, 5) is 26.1. The standard InChI is InChI=1S/C23H23ClO5S/c1-14-11-18(15-7-6-8-16(12-15)30(2,27)28)19(24)13-17(14)20-21(25)23(29-22(20)26)9-4-3-5-10-23/h6-8,11-13,20H,3-5,9-10H2,1-2H3. The Morgan fingerprint density at radius 1 is 1.07 bits per heavy atom. The van der Waals surface area contributed by atoms with Crippen molar-refractivity contribution in [2.45, 2.75) is 55.4 Å². The van der Waals surface area contributed by atoms with Gasteiger partial charge in [0, 0.05) is 16.8 Å². The third kappa shape index (κ3) is 3.56. The molecule has 0 N–H and O–H groups in total. The van der Waals surface area contributed by atoms with Crippen molar-refractivity contribution in [1.82, 2.24) is 0 Å². The number of hydrogen-bond donors (Lipinski definition) is 0. The Labute approximate surface area is 181 Å². The van der Waals surface area contributed by atoms with Crippen molar-refractivity contribution >= 4 is 33.2 Å². The highest BCUT2D eigenvalue weighted by Crippen LogP contribution is 2.45. The van der Waals surface area contributed by atoms with E-state index in [-0.39, 0.29) is 10.7 Å². The Kier molecular flexibility index (Phi) is 5.27. The lowest BCUT2D eigenvalue weighted by Crippen LogP contribution is -2.39. The van der Waals surface area contributed by atoms with Gasteiger partial charge < -0.3 is 4.74 Å². The van der Waals surface area contributed by atoms with Crippen LogP contribution in [0.1, 0.15) is 49.1 Å². The van der Waals surface area contributed by atoms with Crippen molar-refractivity contribution in [3.05, 3.63) is 52.5 Å². The molecule has 1 atom stereocenters. The summed E-state index contributed by atoms with van der Waals surface area (Å²) in [7, 11) is -3.36. The van der Waals surface area contributed by atoms with Gasteiger partial charge >= 0.3 is 5.97 Å². The average molecular weight is 447 g/mol. The number of carbonyl (C=O) groups is 2. The molecule has 0 radical (unpaired) electrons. The molecule has 1 spiro atoms. The van der Waals surface area contributed by atoms with Gasteiger partial charge in [0.1, 0.15) is 5.92 Å². The minimum absolute atomic E-state index is 0.168. The molecule has 1 aliphatic carbocycles. The van der Waals surface area contributed by atoms with Crippen molar-refractivity contribution in [2.24, 2.45) is 0 Å². The lowest BCUT2D eigenvalue weighted by Gasteiger charge is -2.29. The maximum Gasteiger partial charge on any atom is 0.322 e. The molecule has 1 aliphatic heterocycles. The van der Waals surface area contributed by atoms with Crippen molar-refractivity contribution in [3.63, 3.8) is 0 Å². The predicted molar refractivity (Wildman–Crippen MR) is 114 cm³/mol. The molecule has 0 aromatic heterocycles. The van der Waals surface area contributed by atoms with Gasteiger partial charge in [-0.05, 0) is 73.6 Å². The second kappa shape index (κ2) is 7.50. The number of Topliss-reactive ketones (excluding diaryl/α,β-unsaturated/α-hetero) is 1. The fourth-order valence-electron chi connectivity index (χ4n) is 4.53. The molecule has 5 nitrogen and oxygen atoms in total. The molecule has 30 heavy (non-hydrogen) atoms. The third-order valence-corrected chi connectivity index (χ3v) is 7.57. The van der Waals surface area contributed by atoms with E-state index in [0.29, 0.717) is 34.6 Å². The molecule has 2 fully saturated rings. The number of benzene rings is 2. The Morgan fingerprint density at radius 3 is 2.43 bits per heavy atom. The predicted octanol–water partition coefficient (Wildman–Crippen LogP) is 4.63. The van der Waals surface area contributed by atoms with Gasteiger partial charge in [0.05, 0.1) is 4.90 Å². The fourth-order valence-corrected chi connectivity index (χ4v) is 5.48. The van der Waals surface area contributed by atoms with Crippen molar-refractivity contribution in [2.75, 3.05) is 6.26 Å². The number of rotatable bonds is 3. The van der Waals surface area contributed by atoms with Crippen LogP contribution < -0.4 is 0 Å². The number of esters is 1. The molecule has 2 aromatic carbocycles. The number of aryl methyl sites for hydroxylation is 1. The average Bonchev–Trinajstić information content (AvgIpc) is 2.93. The van der Waals surface area contributed by atoms with Crippen LogP contribution in [0.25, 0.3) is 11.1 Å². The molecule has 0 amide bonds. The molecular formula is C23H23ClO5S. The SMILES string of the molecule is Cc1cc(-c2cccc(S(C)(=O)=O)c2)c(Cl)cc1C1C(=O)OC2(CCCCC2)C1=O. The minimum Gasteiger partial charge on any atom is -0.450 e. The van der Waals surface area contributed by atoms with Crippen LogP contribution in [-0.4, -0.2) is 32.0 Å². The quantitative estimate of drug-likeness (QED) is 0.507. The minimum atomic E-state index is -3.36. The first kappa shape index (κ1) is 21.1. The zero-order chi connectivity index (χ0) is 21.7. The molecule has 1 unspecified atom stereocenters. The highest BCUT2D eigenvalue weighted by Gasteiger charge is 2.55. The lowest BCUT2D eigenvalue weighted by atomic mass is 9.77. The Morgan fingerprint density at radius 2 is 1.77 bits per heavy atom. The van der Waals surface area contributed by atoms with E-state index in [2.05, 4.69) is 0 Å². The summed E-state index contributed by atoms with van der Waals surface area (Å²) >= 11 is 6.54. The summed E-state index contributed by atoms with van der Waals surface area (Å²) < 4.78 is 29.4. The number of ketones is 1. The van der Waals surface area contributed by atoms with Crippen LogP contribution in [0.5, 0.6) is 0 Å². The van der Waals surface area contributed by atoms with Crippen LogP contribution in [0.2, 0.25) is 5.02 Å². The summed E-state index contributed by atoms with van der Waals surface area (Å²) in [6.07, 6.45) is 5.11. The van der Waals surface area contributed by atoms with Gasteiger partial charge in [0.15, 0.2) is 21.2 Å². The van der Waals surface area contributed by atoms with Crippen molar-refractivity contribution in [1.29, 1.82) is 0 Å². The van der Waals surface area contributed by atoms with Crippen LogP contribution in [0.3, 0.4) is 0 Å². The first-order valence-electron chi connectivity index (χ1n) is 10.0. The molecule has 2 aromatic rings. The molecule has 7 heteroatoms. The van der Waals surface area contributed by atoms with Gasteiger partial charge in [-0.25, -0.2) is 8.42 Å². The van der Waals surface area contributed by atoms with Gasteiger partial charge in [-0.2, -0.15) is 0 Å². The highest BCUT2D eigenvalue weighted by atomic mass is 35.5. The van der Waals surface area contributed by atoms with E-state index in [0.717, 1.165) is 31.1 Å². The van der Waals surface area contributed by atoms with E-state index in [1.54, 1.807) is 30.3 Å². The summed E-state index contributed by atoms with van der Waals surface area (Å²) in [5, 5.41) is 0.353. The highest BCUT2D eigenvalue weighted by molar-refractivity contribution is 7.90. The second-order valence-corrected chi connectivity index (χ2v) is 10.7. The van der Waals surface area contributed by atoms with Gasteiger partial charge in [-0.1, -0.05) is 30.2 Å². The maximum absolute atomic E-state index is 13.2. The van der Waals surface area contributed by atoms with Gasteiger partial charge in [-0.3, -0.25) is 9.59 Å². The Hall–Kier alpha value is -2.18. The third-order valence-electron chi connectivity index (χ3n) is 6.14. The normalized spacial score (nSPS) is 21.1. The Bertz CT molecular complexity index is 1150. The van der Waals surface area contributed by atoms with E-state index in [9.17, 15) is 18.0 Å². The molecule has 1 saturated heterocycles. The number of hydrogen-bond acceptors (Lipinski definition) is 5. The van der Waals surface area contributed by atoms with Gasteiger partial charge in [-0.15, -0.1) is 0 Å². The summed E-state index contributed by atoms with van der Waals surface area (Å²) in [6, 6.07) is 9.99. The zero-order valence-corrected chi connectivity index (χ0v) is 18.5. The van der Waals surface area contributed by atoms with Crippen LogP contribution in [0, 0.1) is 6.92 Å². The first-order chi connectivity index (χ1) is 14.1. The topological polar surface area (TPSA) is 77.5 Å². The maximum atomic E-state index is 13.2. The number of halogens is 1. The van der Waals surface area contributed by atoms with Gasteiger partial charge in [0.2, 0.25) is 0 Å². The van der Waals surface area contributed by atoms with Crippen LogP contribution in [-0.2, 0) is 24.2 Å². The van der Waals surface area contributed by atoms with E-state index >= 15 is 0 Å². The lowest BCUT2D eigenvalue weighted by molar-refractivity contribution is -0.154. The molecular weight excluding hydrogens is 424 g/mol. The van der Waals surface area contributed by atoms with Crippen LogP contribution in [0.4, 0.5) is 0 Å². The number of ether oxygens (including phenoxy) is 1. The summed E-state index contributed by atoms with van der Waals surface area (Å²) in [6.45, 7) is 1.82. The summed E-state index contributed by atoms with van der Waals surface area (Å²) in [5.74, 6) is -1.64. The Balaban J connectivity index is 1.74. The molecule has 4 rings (SSSR count). The van der Waals surface area contributed by atoms with Gasteiger partial charge in [0.25, 0.3) is 0 Å². The molecule has 0 bridgehead atoms. The zero-order valence-electron chi connectivity index (χ0n) is 16.9. The smallest absolute Gasteiger partial charge is 0.322 e. The van der Waals surface area contributed by atoms with Crippen molar-refractivity contribution in [3.8, 4) is 11.1 Å². The van der Waals surface area contributed by atoms with E-state index in [1.807, 2.05) is 6.92 Å². The molecule has 1 saturated carbocycles. The number of sulfone groups is 1. The number of carbonyl (C=O) groups excluding carboxylic acids is 2. The van der Waals surface area contributed by atoms with Crippen LogP contribution >= 0.6 is 11.6 Å². The van der Waals surface area contributed by atoms with E-state index in [4.69, 9.17) is 16.3 Å². The van der Waals surface area contributed by atoms with Crippen LogP contribution in [0.15, 0.2) is 41.3 Å². The fraction of sp³-hybridized carbons (Fsp3) is 0.391. The summed E-state index contributed by atoms with van der Waals surface area (Å²) in [5.41, 5.74) is 1.61. The largest absolute Gasteiger partial charge is 0.450 e. The van der Waals surface area contributed by atoms with E-state index < -0.39 is 27.3 Å². The molecule has 158 valence electrons. The molecule has 2 aliphatic rings. The monoisotopic (exact) mass is 446 g/mol. The molecule has 1 heterocycles. The second-order valence-electron chi connectivity index (χ2n) is 8.26. The van der Waals surface area contributed by atoms with Crippen molar-refractivity contribution < 1.29 is 22.7 Å².